The average molecular weight is 734 g/mol. The molecule has 0 aliphatic carbocycles. The molecule has 0 saturated carbocycles. The lowest BCUT2D eigenvalue weighted by atomic mass is 10.1. The normalized spacial score (nSPS) is 12.8. The Bertz CT molecular complexity index is 1710. The number of aromatic amines is 1. The molecular formula is C29H39N11O8S2. The van der Waals surface area contributed by atoms with Crippen LogP contribution >= 0.6 is 25.3 Å². The van der Waals surface area contributed by atoms with Crippen molar-refractivity contribution in [3.05, 3.63) is 52.1 Å². The predicted molar refractivity (Wildman–Crippen MR) is 189 cm³/mol. The summed E-state index contributed by atoms with van der Waals surface area (Å²) < 4.78 is 0. The Balaban J connectivity index is 1.37. The van der Waals surface area contributed by atoms with Crippen LogP contribution in [0.1, 0.15) is 28.9 Å². The minimum atomic E-state index is -1.33. The molecule has 50 heavy (non-hydrogen) atoms. The lowest BCUT2D eigenvalue weighted by molar-refractivity contribution is -0.140. The molecule has 21 heteroatoms. The molecule has 0 radical (unpaired) electrons. The zero-order chi connectivity index (χ0) is 36.6. The molecule has 270 valence electrons. The molecule has 1 aromatic carbocycles. The van der Waals surface area contributed by atoms with Gasteiger partial charge in [0.15, 0.2) is 11.2 Å². The smallest absolute Gasteiger partial charge is 0.326 e. The average Bonchev–Trinajstić information content (AvgIpc) is 3.09. The highest BCUT2D eigenvalue weighted by atomic mass is 32.1. The standard InChI is InChI=1S/C29H39N11O8S2/c30-29-39-23-22(26(44)40-29)37-17(12-36-23)11-35-16-3-1-15(2-4-16)24(42)38-18(27(45)46)5-6-21(41)33-9-10-34-25(43)19(13-49)31-7-8-32-20(14-50)28(47)48/h1-4,12,18-20,31-32,35,49-50H,5-11,13-14H2,(H,33,41)(H,34,43)(H,38,42)(H,45,46)(H,47,48)(H3,30,36,39,40,44)/t18-,19-,20-/m0/s1. The second-order valence-corrected chi connectivity index (χ2v) is 11.4. The van der Waals surface area contributed by atoms with Crippen LogP contribution < -0.4 is 43.2 Å². The number of nitrogens with one attached hydrogen (secondary N) is 7. The number of H-pyrrole nitrogens is 1. The Labute approximate surface area is 296 Å². The van der Waals surface area contributed by atoms with Crippen molar-refractivity contribution in [3.8, 4) is 0 Å². The molecule has 0 aliphatic heterocycles. The van der Waals surface area contributed by atoms with E-state index in [4.69, 9.17) is 10.8 Å². The van der Waals surface area contributed by atoms with Crippen molar-refractivity contribution in [1.82, 2.24) is 46.5 Å². The molecule has 3 atom stereocenters. The number of hydrogen-bond donors (Lipinski definition) is 12. The lowest BCUT2D eigenvalue weighted by Gasteiger charge is -2.18. The largest absolute Gasteiger partial charge is 0.480 e. The Morgan fingerprint density at radius 2 is 1.50 bits per heavy atom. The van der Waals surface area contributed by atoms with Crippen LogP contribution in [0.4, 0.5) is 11.6 Å². The number of carbonyl (C=O) groups excluding carboxylic acids is 3. The first-order valence-corrected chi connectivity index (χ1v) is 16.5. The summed E-state index contributed by atoms with van der Waals surface area (Å²) in [6.07, 6.45) is 1.07. The van der Waals surface area contributed by atoms with Crippen molar-refractivity contribution in [3.63, 3.8) is 0 Å². The molecule has 0 spiro atoms. The summed E-state index contributed by atoms with van der Waals surface area (Å²) in [6.45, 7) is 0.976. The number of nitrogens with two attached hydrogens (primary N) is 1. The van der Waals surface area contributed by atoms with E-state index in [1.54, 1.807) is 12.1 Å². The number of nitrogens with zero attached hydrogens (tertiary/aromatic N) is 3. The van der Waals surface area contributed by atoms with E-state index < -0.39 is 47.4 Å². The highest BCUT2D eigenvalue weighted by molar-refractivity contribution is 7.80. The first-order valence-electron chi connectivity index (χ1n) is 15.3. The molecule has 0 fully saturated rings. The predicted octanol–water partition coefficient (Wildman–Crippen LogP) is -2.04. The molecule has 2 heterocycles. The Kier molecular flexibility index (Phi) is 15.7. The van der Waals surface area contributed by atoms with Gasteiger partial charge in [0.1, 0.15) is 12.1 Å². The minimum Gasteiger partial charge on any atom is -0.480 e. The summed E-state index contributed by atoms with van der Waals surface area (Å²) in [7, 11) is 0. The number of amides is 3. The number of aromatic nitrogens is 4. The molecule has 0 aliphatic rings. The fourth-order valence-corrected chi connectivity index (χ4v) is 4.90. The van der Waals surface area contributed by atoms with E-state index in [0.29, 0.717) is 17.9 Å². The number of benzene rings is 1. The number of thiol groups is 2. The van der Waals surface area contributed by atoms with E-state index in [1.165, 1.54) is 18.3 Å². The summed E-state index contributed by atoms with van der Waals surface area (Å²) in [4.78, 5) is 86.9. The Hall–Kier alpha value is -4.99. The number of carbonyl (C=O) groups is 5. The molecule has 3 amide bonds. The number of anilines is 2. The third-order valence-corrected chi connectivity index (χ3v) is 7.73. The first kappa shape index (κ1) is 39.4. The zero-order valence-electron chi connectivity index (χ0n) is 26.6. The van der Waals surface area contributed by atoms with Gasteiger partial charge in [0, 0.05) is 55.4 Å². The Morgan fingerprint density at radius 1 is 0.860 bits per heavy atom. The number of carboxylic acid groups (broad SMARTS) is 2. The molecule has 0 unspecified atom stereocenters. The van der Waals surface area contributed by atoms with Crippen molar-refractivity contribution >= 4 is 77.7 Å². The minimum absolute atomic E-state index is 0.0393. The van der Waals surface area contributed by atoms with E-state index >= 15 is 0 Å². The molecule has 0 saturated heterocycles. The van der Waals surface area contributed by atoms with E-state index in [9.17, 15) is 33.9 Å². The number of nitrogen functional groups attached to an aromatic ring is 1. The molecule has 0 bridgehead atoms. The molecule has 3 rings (SSSR count). The van der Waals surface area contributed by atoms with Gasteiger partial charge in [0.25, 0.3) is 11.5 Å². The molecule has 3 aromatic rings. The van der Waals surface area contributed by atoms with Crippen LogP contribution in [0.2, 0.25) is 0 Å². The number of hydrogen-bond acceptors (Lipinski definition) is 15. The van der Waals surface area contributed by atoms with E-state index in [-0.39, 0.29) is 79.1 Å². The van der Waals surface area contributed by atoms with Crippen LogP contribution in [0, 0.1) is 0 Å². The fraction of sp³-hybridized carbons (Fsp3) is 0.414. The third-order valence-electron chi connectivity index (χ3n) is 7.00. The van der Waals surface area contributed by atoms with Gasteiger partial charge in [-0.1, -0.05) is 0 Å². The van der Waals surface area contributed by atoms with Gasteiger partial charge in [-0.25, -0.2) is 14.8 Å². The molecule has 19 nitrogen and oxygen atoms in total. The van der Waals surface area contributed by atoms with E-state index in [1.807, 2.05) is 0 Å². The van der Waals surface area contributed by atoms with Crippen LogP contribution in [0.3, 0.4) is 0 Å². The molecule has 2 aromatic heterocycles. The van der Waals surface area contributed by atoms with Gasteiger partial charge in [0.05, 0.1) is 24.5 Å². The maximum Gasteiger partial charge on any atom is 0.326 e. The quantitative estimate of drug-likeness (QED) is 0.0415. The molecule has 11 N–H and O–H groups in total. The number of rotatable bonds is 21. The zero-order valence-corrected chi connectivity index (χ0v) is 28.4. The summed E-state index contributed by atoms with van der Waals surface area (Å²) in [5, 5.41) is 35.1. The van der Waals surface area contributed by atoms with Gasteiger partial charge < -0.3 is 47.8 Å². The lowest BCUT2D eigenvalue weighted by Crippen LogP contribution is -2.50. The van der Waals surface area contributed by atoms with Crippen molar-refractivity contribution in [1.29, 1.82) is 0 Å². The van der Waals surface area contributed by atoms with Gasteiger partial charge in [-0.2, -0.15) is 30.2 Å². The van der Waals surface area contributed by atoms with E-state index in [2.05, 4.69) is 77.1 Å². The van der Waals surface area contributed by atoms with Crippen molar-refractivity contribution < 1.29 is 34.2 Å². The van der Waals surface area contributed by atoms with Gasteiger partial charge in [-0.15, -0.1) is 0 Å². The van der Waals surface area contributed by atoms with Crippen LogP contribution in [-0.2, 0) is 25.7 Å². The highest BCUT2D eigenvalue weighted by Crippen LogP contribution is 2.12. The third kappa shape index (κ3) is 12.5. The van der Waals surface area contributed by atoms with Gasteiger partial charge >= 0.3 is 11.9 Å². The number of carboxylic acids is 2. The maximum atomic E-state index is 12.7. The van der Waals surface area contributed by atoms with Crippen molar-refractivity contribution in [2.75, 3.05) is 48.7 Å². The topological polar surface area (TPSA) is 296 Å². The maximum absolute atomic E-state index is 12.7. The van der Waals surface area contributed by atoms with Crippen LogP contribution in [-0.4, -0.2) is 116 Å². The summed E-state index contributed by atoms with van der Waals surface area (Å²) in [5.74, 6) is -3.59. The number of fused-ring (bicyclic) bond motifs is 1. The van der Waals surface area contributed by atoms with Gasteiger partial charge in [0.2, 0.25) is 17.8 Å². The van der Waals surface area contributed by atoms with Crippen molar-refractivity contribution in [2.45, 2.75) is 37.5 Å². The van der Waals surface area contributed by atoms with E-state index in [0.717, 1.165) is 0 Å². The van der Waals surface area contributed by atoms with Crippen LogP contribution in [0.15, 0.2) is 35.3 Å². The SMILES string of the molecule is Nc1nc2ncc(CNc3ccc(C(=O)N[C@@H](CCC(=O)NCCNC(=O)[C@H](CS)NCCN[C@@H](CS)C(=O)O)C(=O)O)cc3)nc2c(=O)[nH]1. The van der Waals surface area contributed by atoms with Crippen LogP contribution in [0.25, 0.3) is 11.2 Å². The summed E-state index contributed by atoms with van der Waals surface area (Å²) in [6, 6.07) is 3.40. The van der Waals surface area contributed by atoms with Crippen molar-refractivity contribution in [2.24, 2.45) is 0 Å². The Morgan fingerprint density at radius 3 is 2.14 bits per heavy atom. The van der Waals surface area contributed by atoms with Crippen LogP contribution in [0.5, 0.6) is 0 Å². The first-order chi connectivity index (χ1) is 23.9. The fourth-order valence-electron chi connectivity index (χ4n) is 4.32. The second-order valence-electron chi connectivity index (χ2n) is 10.7. The highest BCUT2D eigenvalue weighted by Gasteiger charge is 2.22. The molecular weight excluding hydrogens is 695 g/mol. The summed E-state index contributed by atoms with van der Waals surface area (Å²) in [5.41, 5.74) is 6.41. The van der Waals surface area contributed by atoms with Gasteiger partial charge in [-0.3, -0.25) is 29.0 Å². The number of aliphatic carboxylic acids is 2. The van der Waals surface area contributed by atoms with Gasteiger partial charge in [-0.05, 0) is 30.7 Å². The summed E-state index contributed by atoms with van der Waals surface area (Å²) >= 11 is 8.13. The monoisotopic (exact) mass is 733 g/mol. The second kappa shape index (κ2) is 19.9.